The Balaban J connectivity index is 1.67. The van der Waals surface area contributed by atoms with Gasteiger partial charge in [0.15, 0.2) is 0 Å². The molecule has 1 saturated carbocycles. The average Bonchev–Trinajstić information content (AvgIpc) is 3.16. The SMILES string of the molecule is COc1cc2c(OCC3NC(=O)C4C(C)C34)c(Cl)cnc2cc1C(N)=O. The Labute approximate surface area is 154 Å². The van der Waals surface area contributed by atoms with Gasteiger partial charge in [0, 0.05) is 17.5 Å². The summed E-state index contributed by atoms with van der Waals surface area (Å²) in [5.74, 6) is 1.05. The lowest BCUT2D eigenvalue weighted by Crippen LogP contribution is -2.36. The van der Waals surface area contributed by atoms with Gasteiger partial charge in [-0.2, -0.15) is 0 Å². The van der Waals surface area contributed by atoms with Crippen LogP contribution in [0.5, 0.6) is 11.5 Å². The molecule has 0 radical (unpaired) electrons. The van der Waals surface area contributed by atoms with E-state index in [-0.39, 0.29) is 23.4 Å². The highest BCUT2D eigenvalue weighted by atomic mass is 35.5. The predicted octanol–water partition coefficient (Wildman–Crippen LogP) is 1.75. The van der Waals surface area contributed by atoms with Crippen molar-refractivity contribution in [3.8, 4) is 11.5 Å². The third-order valence-electron chi connectivity index (χ3n) is 5.31. The van der Waals surface area contributed by atoms with Crippen LogP contribution in [0.3, 0.4) is 0 Å². The fourth-order valence-electron chi connectivity index (χ4n) is 3.90. The number of nitrogens with one attached hydrogen (secondary N) is 1. The van der Waals surface area contributed by atoms with Gasteiger partial charge in [0.05, 0.1) is 24.2 Å². The fraction of sp³-hybridized carbons (Fsp3) is 0.389. The topological polar surface area (TPSA) is 104 Å². The van der Waals surface area contributed by atoms with Gasteiger partial charge < -0.3 is 20.5 Å². The molecule has 1 aliphatic heterocycles. The summed E-state index contributed by atoms with van der Waals surface area (Å²) >= 11 is 6.28. The van der Waals surface area contributed by atoms with Crippen LogP contribution < -0.4 is 20.5 Å². The molecule has 26 heavy (non-hydrogen) atoms. The molecule has 0 spiro atoms. The summed E-state index contributed by atoms with van der Waals surface area (Å²) in [6.45, 7) is 2.39. The number of piperidine rings is 1. The van der Waals surface area contributed by atoms with Crippen LogP contribution in [-0.2, 0) is 4.79 Å². The first-order valence-corrected chi connectivity index (χ1v) is 8.69. The van der Waals surface area contributed by atoms with Gasteiger partial charge in [0.2, 0.25) is 5.91 Å². The van der Waals surface area contributed by atoms with Crippen molar-refractivity contribution >= 4 is 34.3 Å². The largest absolute Gasteiger partial charge is 0.496 e. The van der Waals surface area contributed by atoms with Gasteiger partial charge >= 0.3 is 0 Å². The Morgan fingerprint density at radius 3 is 2.81 bits per heavy atom. The Kier molecular flexibility index (Phi) is 3.91. The molecule has 8 heteroatoms. The number of ether oxygens (including phenoxy) is 2. The maximum atomic E-state index is 11.8. The normalized spacial score (nSPS) is 26.3. The van der Waals surface area contributed by atoms with Crippen molar-refractivity contribution in [1.82, 2.24) is 10.3 Å². The van der Waals surface area contributed by atoms with Crippen LogP contribution in [0.25, 0.3) is 10.9 Å². The van der Waals surface area contributed by atoms with Crippen molar-refractivity contribution in [1.29, 1.82) is 0 Å². The van der Waals surface area contributed by atoms with Gasteiger partial charge in [0.1, 0.15) is 23.1 Å². The number of carbonyl (C=O) groups excluding carboxylic acids is 2. The second kappa shape index (κ2) is 6.02. The molecule has 2 heterocycles. The van der Waals surface area contributed by atoms with Crippen LogP contribution in [0.2, 0.25) is 5.02 Å². The Morgan fingerprint density at radius 1 is 1.42 bits per heavy atom. The lowest BCUT2D eigenvalue weighted by Gasteiger charge is -2.18. The van der Waals surface area contributed by atoms with Gasteiger partial charge in [-0.05, 0) is 24.0 Å². The number of hydrogen-bond donors (Lipinski definition) is 2. The number of aromatic nitrogens is 1. The van der Waals surface area contributed by atoms with Gasteiger partial charge in [-0.15, -0.1) is 0 Å². The van der Waals surface area contributed by atoms with Crippen LogP contribution >= 0.6 is 11.6 Å². The first kappa shape index (κ1) is 16.9. The number of rotatable bonds is 5. The molecule has 7 nitrogen and oxygen atoms in total. The summed E-state index contributed by atoms with van der Waals surface area (Å²) in [6.07, 6.45) is 1.46. The van der Waals surface area contributed by atoms with Crippen LogP contribution in [0, 0.1) is 17.8 Å². The number of pyridine rings is 1. The molecule has 4 unspecified atom stereocenters. The number of fused-ring (bicyclic) bond motifs is 2. The highest BCUT2D eigenvalue weighted by Gasteiger charge is 2.61. The standard InChI is InChI=1S/C18H18ClN3O4/c1-7-14-12(22-18(24)15(7)14)6-26-16-8-4-13(25-2)9(17(20)23)3-11(8)21-5-10(16)19/h3-5,7,12,14-15H,6H2,1-2H3,(H2,20,23)(H,22,24). The van der Waals surface area contributed by atoms with E-state index in [0.29, 0.717) is 45.9 Å². The van der Waals surface area contributed by atoms with Crippen molar-refractivity contribution in [3.63, 3.8) is 0 Å². The number of nitrogens with two attached hydrogens (primary N) is 1. The zero-order chi connectivity index (χ0) is 18.6. The average molecular weight is 376 g/mol. The number of primary amides is 1. The fourth-order valence-corrected chi connectivity index (χ4v) is 4.11. The van der Waals surface area contributed by atoms with Crippen LogP contribution in [0.4, 0.5) is 0 Å². The predicted molar refractivity (Wildman–Crippen MR) is 95.4 cm³/mol. The Bertz CT molecular complexity index is 932. The van der Waals surface area contributed by atoms with E-state index in [1.54, 1.807) is 12.1 Å². The minimum atomic E-state index is -0.606. The molecule has 1 aromatic heterocycles. The van der Waals surface area contributed by atoms with E-state index in [1.165, 1.54) is 13.3 Å². The number of amides is 2. The summed E-state index contributed by atoms with van der Waals surface area (Å²) in [5, 5.41) is 3.92. The summed E-state index contributed by atoms with van der Waals surface area (Å²) < 4.78 is 11.2. The number of hydrogen-bond acceptors (Lipinski definition) is 5. The minimum absolute atomic E-state index is 0.0337. The minimum Gasteiger partial charge on any atom is -0.496 e. The number of benzene rings is 1. The highest BCUT2D eigenvalue weighted by Crippen LogP contribution is 2.52. The van der Waals surface area contributed by atoms with Crippen molar-refractivity contribution < 1.29 is 19.1 Å². The number of carbonyl (C=O) groups is 2. The zero-order valence-corrected chi connectivity index (χ0v) is 15.0. The van der Waals surface area contributed by atoms with E-state index in [0.717, 1.165) is 0 Å². The van der Waals surface area contributed by atoms with E-state index in [2.05, 4.69) is 17.2 Å². The molecular formula is C18H18ClN3O4. The molecule has 2 aliphatic rings. The quantitative estimate of drug-likeness (QED) is 0.828. The van der Waals surface area contributed by atoms with Crippen molar-refractivity contribution in [2.75, 3.05) is 13.7 Å². The molecule has 0 bridgehead atoms. The maximum absolute atomic E-state index is 11.8. The first-order chi connectivity index (χ1) is 12.4. The van der Waals surface area contributed by atoms with Gasteiger partial charge in [0.25, 0.3) is 5.91 Å². The van der Waals surface area contributed by atoms with E-state index in [1.807, 2.05) is 0 Å². The van der Waals surface area contributed by atoms with Crippen LogP contribution in [0.1, 0.15) is 17.3 Å². The molecule has 4 rings (SSSR count). The van der Waals surface area contributed by atoms with Gasteiger partial charge in [-0.3, -0.25) is 14.6 Å². The number of halogens is 1. The smallest absolute Gasteiger partial charge is 0.252 e. The summed E-state index contributed by atoms with van der Waals surface area (Å²) in [5.41, 5.74) is 6.15. The van der Waals surface area contributed by atoms with E-state index >= 15 is 0 Å². The molecule has 3 N–H and O–H groups in total. The van der Waals surface area contributed by atoms with Crippen molar-refractivity contribution in [2.24, 2.45) is 23.5 Å². The number of methoxy groups -OCH3 is 1. The van der Waals surface area contributed by atoms with E-state index in [4.69, 9.17) is 26.8 Å². The monoisotopic (exact) mass is 375 g/mol. The molecule has 2 amide bonds. The molecule has 4 atom stereocenters. The molecular weight excluding hydrogens is 358 g/mol. The molecule has 2 fully saturated rings. The van der Waals surface area contributed by atoms with Gasteiger partial charge in [-0.1, -0.05) is 18.5 Å². The van der Waals surface area contributed by atoms with Crippen molar-refractivity contribution in [3.05, 3.63) is 28.9 Å². The van der Waals surface area contributed by atoms with Crippen LogP contribution in [0.15, 0.2) is 18.3 Å². The third-order valence-corrected chi connectivity index (χ3v) is 5.58. The molecule has 1 aliphatic carbocycles. The third kappa shape index (κ3) is 2.54. The lowest BCUT2D eigenvalue weighted by molar-refractivity contribution is -0.121. The summed E-state index contributed by atoms with van der Waals surface area (Å²) in [6, 6.07) is 3.16. The Hall–Kier alpha value is -2.54. The lowest BCUT2D eigenvalue weighted by atomic mass is 10.1. The highest BCUT2D eigenvalue weighted by molar-refractivity contribution is 6.33. The second-order valence-electron chi connectivity index (χ2n) is 6.76. The van der Waals surface area contributed by atoms with Crippen molar-refractivity contribution in [2.45, 2.75) is 13.0 Å². The molecule has 1 saturated heterocycles. The van der Waals surface area contributed by atoms with Gasteiger partial charge in [-0.25, -0.2) is 0 Å². The summed E-state index contributed by atoms with van der Waals surface area (Å²) in [4.78, 5) is 27.7. The second-order valence-corrected chi connectivity index (χ2v) is 7.16. The Morgan fingerprint density at radius 2 is 2.19 bits per heavy atom. The van der Waals surface area contributed by atoms with E-state index < -0.39 is 5.91 Å². The van der Waals surface area contributed by atoms with E-state index in [9.17, 15) is 9.59 Å². The maximum Gasteiger partial charge on any atom is 0.252 e. The first-order valence-electron chi connectivity index (χ1n) is 8.31. The van der Waals surface area contributed by atoms with Crippen LogP contribution in [-0.4, -0.2) is 36.6 Å². The number of nitrogens with zero attached hydrogens (tertiary/aromatic N) is 1. The molecule has 1 aromatic carbocycles. The molecule has 2 aromatic rings. The zero-order valence-electron chi connectivity index (χ0n) is 14.3. The summed E-state index contributed by atoms with van der Waals surface area (Å²) in [7, 11) is 1.45. The molecule has 136 valence electrons.